The zero-order valence-electron chi connectivity index (χ0n) is 14.8. The van der Waals surface area contributed by atoms with Crippen LogP contribution in [0.2, 0.25) is 5.02 Å². The summed E-state index contributed by atoms with van der Waals surface area (Å²) in [4.78, 5) is 0. The molecule has 0 bridgehead atoms. The molecule has 0 unspecified atom stereocenters. The lowest BCUT2D eigenvalue weighted by Gasteiger charge is -2.32. The summed E-state index contributed by atoms with van der Waals surface area (Å²) >= 11 is 5.82. The third-order valence-corrected chi connectivity index (χ3v) is 5.13. The molecule has 0 aromatic heterocycles. The molecule has 132 valence electrons. The van der Waals surface area contributed by atoms with Gasteiger partial charge in [0.2, 0.25) is 0 Å². The Morgan fingerprint density at radius 3 is 2.32 bits per heavy atom. The van der Waals surface area contributed by atoms with E-state index >= 15 is 0 Å². The Labute approximate surface area is 153 Å². The topological polar surface area (TPSA) is 27.7 Å². The van der Waals surface area contributed by atoms with E-state index in [0.717, 1.165) is 5.46 Å². The van der Waals surface area contributed by atoms with Crippen LogP contribution in [0.15, 0.2) is 42.5 Å². The lowest BCUT2D eigenvalue weighted by Crippen LogP contribution is -2.41. The molecule has 0 amide bonds. The molecule has 2 aromatic carbocycles. The Morgan fingerprint density at radius 1 is 1.00 bits per heavy atom. The SMILES string of the molecule is CC1(C)OB(c2ccccc2OCc2cccc(Cl)c2F)OC1(C)C. The van der Waals surface area contributed by atoms with Gasteiger partial charge in [-0.2, -0.15) is 0 Å². The summed E-state index contributed by atoms with van der Waals surface area (Å²) in [7, 11) is -0.537. The summed E-state index contributed by atoms with van der Waals surface area (Å²) < 4.78 is 32.1. The van der Waals surface area contributed by atoms with E-state index in [1.807, 2.05) is 52.0 Å². The highest BCUT2D eigenvalue weighted by molar-refractivity contribution is 6.63. The molecular weight excluding hydrogens is 341 g/mol. The number of para-hydroxylation sites is 1. The molecule has 0 aliphatic carbocycles. The van der Waals surface area contributed by atoms with E-state index in [-0.39, 0.29) is 11.6 Å². The zero-order valence-corrected chi connectivity index (χ0v) is 15.6. The first-order valence-electron chi connectivity index (χ1n) is 8.21. The number of ether oxygens (including phenoxy) is 1. The number of hydrogen-bond donors (Lipinski definition) is 0. The second-order valence-corrected chi connectivity index (χ2v) is 7.53. The summed E-state index contributed by atoms with van der Waals surface area (Å²) in [5, 5.41) is 0.0837. The molecule has 2 aromatic rings. The predicted molar refractivity (Wildman–Crippen MR) is 97.9 cm³/mol. The van der Waals surface area contributed by atoms with Crippen molar-refractivity contribution in [2.75, 3.05) is 0 Å². The summed E-state index contributed by atoms with van der Waals surface area (Å²) in [6.07, 6.45) is 0. The van der Waals surface area contributed by atoms with E-state index in [9.17, 15) is 4.39 Å². The molecule has 25 heavy (non-hydrogen) atoms. The molecule has 0 N–H and O–H groups in total. The first-order chi connectivity index (χ1) is 11.7. The van der Waals surface area contributed by atoms with Gasteiger partial charge in [-0.3, -0.25) is 0 Å². The van der Waals surface area contributed by atoms with E-state index in [2.05, 4.69) is 0 Å². The maximum absolute atomic E-state index is 14.0. The summed E-state index contributed by atoms with van der Waals surface area (Å²) in [6, 6.07) is 12.3. The highest BCUT2D eigenvalue weighted by Crippen LogP contribution is 2.37. The number of halogens is 2. The van der Waals surface area contributed by atoms with Crippen molar-refractivity contribution in [1.29, 1.82) is 0 Å². The second kappa shape index (κ2) is 6.63. The van der Waals surface area contributed by atoms with Gasteiger partial charge in [0.1, 0.15) is 18.2 Å². The fourth-order valence-corrected chi connectivity index (χ4v) is 2.79. The minimum absolute atomic E-state index is 0.0723. The lowest BCUT2D eigenvalue weighted by molar-refractivity contribution is 0.00578. The third-order valence-electron chi connectivity index (χ3n) is 4.84. The lowest BCUT2D eigenvalue weighted by atomic mass is 9.78. The molecule has 0 radical (unpaired) electrons. The normalized spacial score (nSPS) is 18.4. The fourth-order valence-electron chi connectivity index (χ4n) is 2.59. The molecule has 3 rings (SSSR count). The molecule has 1 fully saturated rings. The van der Waals surface area contributed by atoms with E-state index in [1.54, 1.807) is 12.1 Å². The van der Waals surface area contributed by atoms with Crippen molar-refractivity contribution in [1.82, 2.24) is 0 Å². The van der Waals surface area contributed by atoms with Gasteiger partial charge in [-0.1, -0.05) is 41.9 Å². The van der Waals surface area contributed by atoms with Crippen molar-refractivity contribution in [3.8, 4) is 5.75 Å². The maximum Gasteiger partial charge on any atom is 0.498 e. The first-order valence-corrected chi connectivity index (χ1v) is 8.59. The molecule has 1 aliphatic heterocycles. The van der Waals surface area contributed by atoms with Crippen molar-refractivity contribution < 1.29 is 18.4 Å². The predicted octanol–water partition coefficient (Wildman–Crippen LogP) is 4.36. The van der Waals surface area contributed by atoms with Gasteiger partial charge in [-0.25, -0.2) is 4.39 Å². The van der Waals surface area contributed by atoms with Crippen LogP contribution in [-0.2, 0) is 15.9 Å². The number of rotatable bonds is 4. The van der Waals surface area contributed by atoms with Gasteiger partial charge in [0.05, 0.1) is 16.2 Å². The van der Waals surface area contributed by atoms with Crippen molar-refractivity contribution in [3.05, 3.63) is 58.9 Å². The van der Waals surface area contributed by atoms with Crippen LogP contribution in [0.1, 0.15) is 33.3 Å². The van der Waals surface area contributed by atoms with Crippen LogP contribution in [0, 0.1) is 5.82 Å². The van der Waals surface area contributed by atoms with Crippen molar-refractivity contribution in [2.45, 2.75) is 45.5 Å². The van der Waals surface area contributed by atoms with Crippen molar-refractivity contribution in [2.24, 2.45) is 0 Å². The van der Waals surface area contributed by atoms with Crippen LogP contribution in [0.3, 0.4) is 0 Å². The minimum atomic E-state index is -0.537. The van der Waals surface area contributed by atoms with Gasteiger partial charge in [0, 0.05) is 11.0 Å². The molecule has 0 atom stereocenters. The van der Waals surface area contributed by atoms with E-state index in [1.165, 1.54) is 6.07 Å². The van der Waals surface area contributed by atoms with E-state index in [0.29, 0.717) is 11.3 Å². The molecule has 0 spiro atoms. The molecule has 1 aliphatic rings. The Bertz CT molecular complexity index is 763. The number of hydrogen-bond acceptors (Lipinski definition) is 3. The Morgan fingerprint density at radius 2 is 1.64 bits per heavy atom. The standard InChI is InChI=1S/C19H21BClFO3/c1-18(2)19(3,4)25-20(24-18)14-9-5-6-11-16(14)23-12-13-8-7-10-15(21)17(13)22/h5-11H,12H2,1-4H3. The highest BCUT2D eigenvalue weighted by atomic mass is 35.5. The van der Waals surface area contributed by atoms with Gasteiger partial charge in [-0.05, 0) is 39.8 Å². The van der Waals surface area contributed by atoms with E-state index in [4.69, 9.17) is 25.6 Å². The fraction of sp³-hybridized carbons (Fsp3) is 0.368. The number of benzene rings is 2. The average Bonchev–Trinajstić information content (AvgIpc) is 2.77. The summed E-state index contributed by atoms with van der Waals surface area (Å²) in [5.74, 6) is 0.137. The van der Waals surface area contributed by atoms with Crippen LogP contribution in [0.5, 0.6) is 5.75 Å². The summed E-state index contributed by atoms with van der Waals surface area (Å²) in [6.45, 7) is 8.06. The van der Waals surface area contributed by atoms with Gasteiger partial charge >= 0.3 is 7.12 Å². The average molecular weight is 363 g/mol. The van der Waals surface area contributed by atoms with Gasteiger partial charge in [0.25, 0.3) is 0 Å². The molecule has 1 heterocycles. The van der Waals surface area contributed by atoms with Crippen LogP contribution in [0.25, 0.3) is 0 Å². The Kier molecular flexibility index (Phi) is 4.84. The third kappa shape index (κ3) is 3.54. The largest absolute Gasteiger partial charge is 0.498 e. The maximum atomic E-state index is 14.0. The zero-order chi connectivity index (χ0) is 18.2. The smallest absolute Gasteiger partial charge is 0.489 e. The molecule has 3 nitrogen and oxygen atoms in total. The second-order valence-electron chi connectivity index (χ2n) is 7.13. The first kappa shape index (κ1) is 18.2. The monoisotopic (exact) mass is 362 g/mol. The van der Waals surface area contributed by atoms with Crippen molar-refractivity contribution >= 4 is 24.2 Å². The van der Waals surface area contributed by atoms with Gasteiger partial charge < -0.3 is 14.0 Å². The van der Waals surface area contributed by atoms with Gasteiger partial charge in [0.15, 0.2) is 0 Å². The van der Waals surface area contributed by atoms with Crippen LogP contribution >= 0.6 is 11.6 Å². The minimum Gasteiger partial charge on any atom is -0.489 e. The van der Waals surface area contributed by atoms with Crippen LogP contribution < -0.4 is 10.2 Å². The highest BCUT2D eigenvalue weighted by Gasteiger charge is 2.52. The summed E-state index contributed by atoms with van der Waals surface area (Å²) in [5.41, 5.74) is 0.299. The molecule has 1 saturated heterocycles. The van der Waals surface area contributed by atoms with Crippen molar-refractivity contribution in [3.63, 3.8) is 0 Å². The quantitative estimate of drug-likeness (QED) is 0.757. The Balaban J connectivity index is 1.82. The van der Waals surface area contributed by atoms with Gasteiger partial charge in [-0.15, -0.1) is 0 Å². The molecular formula is C19H21BClFO3. The van der Waals surface area contributed by atoms with E-state index < -0.39 is 24.1 Å². The Hall–Kier alpha value is -1.56. The van der Waals surface area contributed by atoms with Crippen LogP contribution in [-0.4, -0.2) is 18.3 Å². The van der Waals surface area contributed by atoms with Crippen LogP contribution in [0.4, 0.5) is 4.39 Å². The molecule has 6 heteroatoms. The molecule has 0 saturated carbocycles.